The normalized spacial score (nSPS) is 12.2. The minimum Gasteiger partial charge on any atom is -0.508 e. The standard InChI is InChI=1S/C22H20N2OS/c1-14-7-3-5-9-17(14)21(24-22-23-15(2)13-26-22)20-18-10-6-4-8-16(18)11-12-19(20)25/h3-13,21,25H,1-2H3,(H,23,24). The second kappa shape index (κ2) is 6.81. The number of nitrogens with one attached hydrogen (secondary N) is 1. The van der Waals surface area contributed by atoms with E-state index < -0.39 is 0 Å². The van der Waals surface area contributed by atoms with Crippen molar-refractivity contribution in [1.29, 1.82) is 0 Å². The topological polar surface area (TPSA) is 45.1 Å². The Morgan fingerprint density at radius 2 is 1.73 bits per heavy atom. The zero-order valence-corrected chi connectivity index (χ0v) is 15.5. The molecule has 1 heterocycles. The molecule has 0 fully saturated rings. The highest BCUT2D eigenvalue weighted by Crippen LogP contribution is 2.39. The minimum absolute atomic E-state index is 0.187. The van der Waals surface area contributed by atoms with Crippen molar-refractivity contribution in [3.05, 3.63) is 88.4 Å². The molecule has 0 aliphatic rings. The van der Waals surface area contributed by atoms with Crippen LogP contribution in [0.5, 0.6) is 5.75 Å². The Morgan fingerprint density at radius 1 is 0.962 bits per heavy atom. The van der Waals surface area contributed by atoms with Gasteiger partial charge < -0.3 is 10.4 Å². The number of anilines is 1. The average molecular weight is 360 g/mol. The number of aryl methyl sites for hydroxylation is 2. The quantitative estimate of drug-likeness (QED) is 0.482. The molecule has 26 heavy (non-hydrogen) atoms. The molecule has 3 nitrogen and oxygen atoms in total. The molecule has 4 aromatic rings. The third-order valence-electron chi connectivity index (χ3n) is 4.62. The summed E-state index contributed by atoms with van der Waals surface area (Å²) in [5.41, 5.74) is 4.17. The van der Waals surface area contributed by atoms with Crippen molar-refractivity contribution in [1.82, 2.24) is 4.98 Å². The van der Waals surface area contributed by atoms with Crippen LogP contribution in [0.4, 0.5) is 5.13 Å². The first-order chi connectivity index (χ1) is 12.6. The van der Waals surface area contributed by atoms with Gasteiger partial charge in [0.1, 0.15) is 5.75 Å². The SMILES string of the molecule is Cc1csc(NC(c2ccccc2C)c2c(O)ccc3ccccc23)n1. The fourth-order valence-corrected chi connectivity index (χ4v) is 4.06. The predicted octanol–water partition coefficient (Wildman–Crippen LogP) is 5.82. The summed E-state index contributed by atoms with van der Waals surface area (Å²) in [7, 11) is 0. The number of benzene rings is 3. The number of aromatic hydroxyl groups is 1. The second-order valence-electron chi connectivity index (χ2n) is 6.45. The number of hydrogen-bond acceptors (Lipinski definition) is 4. The van der Waals surface area contributed by atoms with Crippen LogP contribution in [0.3, 0.4) is 0 Å². The fraction of sp³-hybridized carbons (Fsp3) is 0.136. The second-order valence-corrected chi connectivity index (χ2v) is 7.31. The molecule has 130 valence electrons. The lowest BCUT2D eigenvalue weighted by Crippen LogP contribution is -2.14. The Kier molecular flexibility index (Phi) is 4.35. The van der Waals surface area contributed by atoms with Crippen molar-refractivity contribution >= 4 is 27.2 Å². The van der Waals surface area contributed by atoms with E-state index in [2.05, 4.69) is 41.5 Å². The van der Waals surface area contributed by atoms with E-state index in [4.69, 9.17) is 0 Å². The van der Waals surface area contributed by atoms with E-state index in [0.717, 1.165) is 32.7 Å². The van der Waals surface area contributed by atoms with Gasteiger partial charge in [-0.15, -0.1) is 11.3 Å². The molecule has 1 unspecified atom stereocenters. The fourth-order valence-electron chi connectivity index (χ4n) is 3.35. The zero-order valence-electron chi connectivity index (χ0n) is 14.7. The molecule has 4 heteroatoms. The Hall–Kier alpha value is -2.85. The summed E-state index contributed by atoms with van der Waals surface area (Å²) in [5.74, 6) is 0.290. The Morgan fingerprint density at radius 3 is 2.50 bits per heavy atom. The Balaban J connectivity index is 1.94. The summed E-state index contributed by atoms with van der Waals surface area (Å²) in [6.45, 7) is 4.08. The van der Waals surface area contributed by atoms with Crippen molar-refractivity contribution < 1.29 is 5.11 Å². The average Bonchev–Trinajstić information content (AvgIpc) is 3.06. The van der Waals surface area contributed by atoms with Crippen LogP contribution in [0.25, 0.3) is 10.8 Å². The molecule has 0 aliphatic heterocycles. The Labute approximate surface area is 157 Å². The van der Waals surface area contributed by atoms with Crippen molar-refractivity contribution in [2.75, 3.05) is 5.32 Å². The lowest BCUT2D eigenvalue weighted by molar-refractivity contribution is 0.468. The van der Waals surface area contributed by atoms with Gasteiger partial charge in [-0.3, -0.25) is 0 Å². The van der Waals surface area contributed by atoms with Crippen LogP contribution >= 0.6 is 11.3 Å². The van der Waals surface area contributed by atoms with E-state index in [1.54, 1.807) is 17.4 Å². The highest BCUT2D eigenvalue weighted by atomic mass is 32.1. The molecule has 0 aliphatic carbocycles. The summed E-state index contributed by atoms with van der Waals surface area (Å²) in [6, 6.07) is 20.0. The predicted molar refractivity (Wildman–Crippen MR) is 109 cm³/mol. The van der Waals surface area contributed by atoms with Crippen molar-refractivity contribution in [3.8, 4) is 5.75 Å². The van der Waals surface area contributed by atoms with E-state index in [-0.39, 0.29) is 11.8 Å². The van der Waals surface area contributed by atoms with Gasteiger partial charge in [-0.05, 0) is 41.8 Å². The van der Waals surface area contributed by atoms with Gasteiger partial charge in [-0.1, -0.05) is 54.6 Å². The van der Waals surface area contributed by atoms with E-state index in [1.807, 2.05) is 42.6 Å². The molecule has 0 saturated heterocycles. The Bertz CT molecular complexity index is 1070. The van der Waals surface area contributed by atoms with Crippen LogP contribution < -0.4 is 5.32 Å². The molecule has 1 atom stereocenters. The monoisotopic (exact) mass is 360 g/mol. The van der Waals surface area contributed by atoms with Crippen molar-refractivity contribution in [3.63, 3.8) is 0 Å². The number of phenols is 1. The van der Waals surface area contributed by atoms with Crippen LogP contribution in [-0.2, 0) is 0 Å². The van der Waals surface area contributed by atoms with Crippen LogP contribution in [0.2, 0.25) is 0 Å². The maximum absolute atomic E-state index is 10.8. The summed E-state index contributed by atoms with van der Waals surface area (Å²) in [6.07, 6.45) is 0. The zero-order chi connectivity index (χ0) is 18.1. The summed E-state index contributed by atoms with van der Waals surface area (Å²) < 4.78 is 0. The highest BCUT2D eigenvalue weighted by Gasteiger charge is 2.22. The number of nitrogens with zero attached hydrogens (tertiary/aromatic N) is 1. The van der Waals surface area contributed by atoms with E-state index in [1.165, 1.54) is 5.56 Å². The maximum Gasteiger partial charge on any atom is 0.183 e. The lowest BCUT2D eigenvalue weighted by atomic mass is 9.90. The first-order valence-corrected chi connectivity index (χ1v) is 9.46. The summed E-state index contributed by atoms with van der Waals surface area (Å²) in [4.78, 5) is 4.57. The largest absolute Gasteiger partial charge is 0.508 e. The smallest absolute Gasteiger partial charge is 0.183 e. The minimum atomic E-state index is -0.187. The van der Waals surface area contributed by atoms with Gasteiger partial charge in [0.2, 0.25) is 0 Å². The number of hydrogen-bond donors (Lipinski definition) is 2. The molecule has 0 saturated carbocycles. The molecule has 0 spiro atoms. The number of rotatable bonds is 4. The molecule has 0 radical (unpaired) electrons. The van der Waals surface area contributed by atoms with Gasteiger partial charge >= 0.3 is 0 Å². The molecule has 0 amide bonds. The number of fused-ring (bicyclic) bond motifs is 1. The highest BCUT2D eigenvalue weighted by molar-refractivity contribution is 7.13. The van der Waals surface area contributed by atoms with Crippen LogP contribution in [-0.4, -0.2) is 10.1 Å². The van der Waals surface area contributed by atoms with Crippen LogP contribution in [0.15, 0.2) is 66.0 Å². The third kappa shape index (κ3) is 3.04. The molecule has 4 rings (SSSR count). The first-order valence-electron chi connectivity index (χ1n) is 8.58. The summed E-state index contributed by atoms with van der Waals surface area (Å²) >= 11 is 1.58. The molecule has 1 aromatic heterocycles. The van der Waals surface area contributed by atoms with E-state index >= 15 is 0 Å². The van der Waals surface area contributed by atoms with Crippen molar-refractivity contribution in [2.45, 2.75) is 19.9 Å². The number of phenolic OH excluding ortho intramolecular Hbond substituents is 1. The van der Waals surface area contributed by atoms with E-state index in [0.29, 0.717) is 0 Å². The lowest BCUT2D eigenvalue weighted by Gasteiger charge is -2.23. The van der Waals surface area contributed by atoms with Gasteiger partial charge in [0.05, 0.1) is 11.7 Å². The van der Waals surface area contributed by atoms with Gasteiger partial charge in [0.15, 0.2) is 5.13 Å². The number of aromatic nitrogens is 1. The molecule has 3 aromatic carbocycles. The van der Waals surface area contributed by atoms with Gasteiger partial charge in [-0.2, -0.15) is 0 Å². The summed E-state index contributed by atoms with van der Waals surface area (Å²) in [5, 5.41) is 19.3. The van der Waals surface area contributed by atoms with Crippen LogP contribution in [0.1, 0.15) is 28.4 Å². The maximum atomic E-state index is 10.8. The first kappa shape index (κ1) is 16.6. The molecule has 2 N–H and O–H groups in total. The van der Waals surface area contributed by atoms with E-state index in [9.17, 15) is 5.11 Å². The number of thiazole rings is 1. The van der Waals surface area contributed by atoms with Crippen molar-refractivity contribution in [2.24, 2.45) is 0 Å². The van der Waals surface area contributed by atoms with Gasteiger partial charge in [0.25, 0.3) is 0 Å². The molecular weight excluding hydrogens is 340 g/mol. The van der Waals surface area contributed by atoms with Crippen LogP contribution in [0, 0.1) is 13.8 Å². The molecular formula is C22H20N2OS. The molecule has 0 bridgehead atoms. The van der Waals surface area contributed by atoms with Gasteiger partial charge in [0, 0.05) is 10.9 Å². The third-order valence-corrected chi connectivity index (χ3v) is 5.51. The van der Waals surface area contributed by atoms with Gasteiger partial charge in [-0.25, -0.2) is 4.98 Å².